The Labute approximate surface area is 91.0 Å². The molecule has 6 radical (unpaired) electrons. The minimum absolute atomic E-state index is 0. The Morgan fingerprint density at radius 3 is 0.769 bits per heavy atom. The van der Waals surface area contributed by atoms with Gasteiger partial charge in [0.1, 0.15) is 0 Å². The smallest absolute Gasteiger partial charge is 0 e. The fraction of sp³-hybridized carbons (Fsp3) is 1.00. The summed E-state index contributed by atoms with van der Waals surface area (Å²) in [5.41, 5.74) is 5.11. The van der Waals surface area contributed by atoms with Gasteiger partial charge in [-0.1, -0.05) is 55.9 Å². The zero-order valence-electron chi connectivity index (χ0n) is 9.89. The normalized spacial score (nSPS) is 6.00. The average Bonchev–Trinajstić information content (AvgIpc) is 1.66. The van der Waals surface area contributed by atoms with Crippen molar-refractivity contribution in [2.45, 2.75) is 61.9 Å². The number of rotatable bonds is 0. The quantitative estimate of drug-likeness (QED) is 0.576. The molecule has 0 saturated heterocycles. The molecule has 3 heteroatoms. The Morgan fingerprint density at radius 1 is 0.769 bits per heavy atom. The summed E-state index contributed by atoms with van der Waals surface area (Å²) in [6.45, 7) is 14.4. The van der Waals surface area contributed by atoms with Crippen LogP contribution in [-0.4, -0.2) is 22.9 Å². The van der Waals surface area contributed by atoms with Crippen molar-refractivity contribution in [2.75, 3.05) is 0 Å². The molecule has 1 nitrogen and oxygen atoms in total. The number of hydrogen-bond donors (Lipinski definition) is 1. The minimum Gasteiger partial charge on any atom is -0.328 e. The molecule has 80 valence electrons. The van der Waals surface area contributed by atoms with Crippen molar-refractivity contribution >= 4 is 16.8 Å². The first kappa shape index (κ1) is 38.1. The highest BCUT2D eigenvalue weighted by Gasteiger charge is 1.68. The van der Waals surface area contributed by atoms with Crippen molar-refractivity contribution in [2.24, 2.45) is 11.7 Å². The molecule has 0 unspecified atom stereocenters. The van der Waals surface area contributed by atoms with Gasteiger partial charge in [0.25, 0.3) is 0 Å². The van der Waals surface area contributed by atoms with E-state index in [-0.39, 0.29) is 24.3 Å². The van der Waals surface area contributed by atoms with Crippen molar-refractivity contribution in [3.8, 4) is 0 Å². The van der Waals surface area contributed by atoms with Crippen LogP contribution in [0.1, 0.15) is 55.9 Å². The molecule has 0 aromatic heterocycles. The summed E-state index contributed by atoms with van der Waals surface area (Å²) in [4.78, 5) is 0. The van der Waals surface area contributed by atoms with E-state index in [0.29, 0.717) is 6.04 Å². The molecule has 0 spiro atoms. The molecule has 0 aromatic carbocycles. The van der Waals surface area contributed by atoms with Gasteiger partial charge in [-0.25, -0.2) is 0 Å². The molecular formula is C10H29B2N. The summed E-state index contributed by atoms with van der Waals surface area (Å²) in [5.74, 6) is 0.833. The molecule has 0 aliphatic heterocycles. The maximum Gasteiger partial charge on any atom is 0 e. The minimum atomic E-state index is 0. The van der Waals surface area contributed by atoms with E-state index in [1.165, 1.54) is 0 Å². The van der Waals surface area contributed by atoms with Crippen LogP contribution in [0.15, 0.2) is 0 Å². The molecule has 0 aliphatic carbocycles. The van der Waals surface area contributed by atoms with E-state index >= 15 is 0 Å². The summed E-state index contributed by atoms with van der Waals surface area (Å²) in [6.07, 6.45) is 0. The molecular weight excluding hydrogens is 156 g/mol. The molecule has 0 aromatic rings. The fourth-order valence-corrected chi connectivity index (χ4v) is 0. The van der Waals surface area contributed by atoms with Gasteiger partial charge >= 0.3 is 0 Å². The van der Waals surface area contributed by atoms with Crippen LogP contribution in [0.3, 0.4) is 0 Å². The number of hydrogen-bond acceptors (Lipinski definition) is 1. The van der Waals surface area contributed by atoms with Gasteiger partial charge in [-0.3, -0.25) is 0 Å². The first-order valence-corrected chi connectivity index (χ1v) is 4.22. The molecule has 0 fully saturated rings. The molecule has 0 amide bonds. The van der Waals surface area contributed by atoms with Crippen LogP contribution < -0.4 is 5.73 Å². The first-order valence-electron chi connectivity index (χ1n) is 4.22. The van der Waals surface area contributed by atoms with Gasteiger partial charge in [0.05, 0.1) is 0 Å². The third kappa shape index (κ3) is 152000. The van der Waals surface area contributed by atoms with E-state index in [2.05, 4.69) is 20.8 Å². The van der Waals surface area contributed by atoms with Gasteiger partial charge in [0, 0.05) is 16.8 Å². The lowest BCUT2D eigenvalue weighted by Gasteiger charge is -1.81. The Balaban J connectivity index is -0.0000000133. The Kier molecular flexibility index (Phi) is 117. The average molecular weight is 185 g/mol. The lowest BCUT2D eigenvalue weighted by Crippen LogP contribution is -2.06. The molecule has 0 atom stereocenters. The van der Waals surface area contributed by atoms with Gasteiger partial charge in [-0.05, 0) is 12.0 Å². The van der Waals surface area contributed by atoms with Gasteiger partial charge in [0.2, 0.25) is 0 Å². The molecule has 2 N–H and O–H groups in total. The van der Waals surface area contributed by atoms with Crippen molar-refractivity contribution in [3.63, 3.8) is 0 Å². The van der Waals surface area contributed by atoms with Crippen LogP contribution >= 0.6 is 0 Å². The van der Waals surface area contributed by atoms with Gasteiger partial charge in [-0.2, -0.15) is 0 Å². The zero-order chi connectivity index (χ0) is 9.15. The third-order valence-electron chi connectivity index (χ3n) is 0. The fourth-order valence-electron chi connectivity index (χ4n) is 0. The summed E-state index contributed by atoms with van der Waals surface area (Å²) in [5, 5.41) is 0. The van der Waals surface area contributed by atoms with Crippen LogP contribution in [0.2, 0.25) is 0 Å². The Morgan fingerprint density at radius 2 is 0.769 bits per heavy atom. The lowest BCUT2D eigenvalue weighted by molar-refractivity contribution is 0.737. The standard InChI is InChI=1S/C4H10.C3H9N.C2H6.CH4.2B/c1-4(2)3;1-3(2)4;1-2;;;/h4H,1-3H3;3H,4H2,1-2H3;1-2H3;1H4;;. The highest BCUT2D eigenvalue weighted by atomic mass is 14.6. The lowest BCUT2D eigenvalue weighted by atomic mass is 10.3. The van der Waals surface area contributed by atoms with Crippen LogP contribution in [0.4, 0.5) is 0 Å². The predicted molar refractivity (Wildman–Crippen MR) is 69.4 cm³/mol. The Hall–Kier alpha value is 0.0899. The monoisotopic (exact) mass is 185 g/mol. The SMILES string of the molecule is C.CC.CC(C)C.CC(C)N.[B].[B]. The van der Waals surface area contributed by atoms with Crippen molar-refractivity contribution in [3.05, 3.63) is 0 Å². The summed E-state index contributed by atoms with van der Waals surface area (Å²) in [7, 11) is 0. The van der Waals surface area contributed by atoms with E-state index in [0.717, 1.165) is 5.92 Å². The first-order chi connectivity index (χ1) is 4.46. The summed E-state index contributed by atoms with van der Waals surface area (Å²) in [6, 6.07) is 0.333. The Bertz CT molecular complexity index is 28.4. The topological polar surface area (TPSA) is 26.0 Å². The van der Waals surface area contributed by atoms with Gasteiger partial charge < -0.3 is 5.73 Å². The second-order valence-corrected chi connectivity index (χ2v) is 2.98. The van der Waals surface area contributed by atoms with Crippen molar-refractivity contribution in [1.82, 2.24) is 0 Å². The van der Waals surface area contributed by atoms with Gasteiger partial charge in [0.15, 0.2) is 0 Å². The highest BCUT2D eigenvalue weighted by Crippen LogP contribution is 1.81. The van der Waals surface area contributed by atoms with E-state index in [1.807, 2.05) is 27.7 Å². The second kappa shape index (κ2) is 40.1. The maximum absolute atomic E-state index is 5.11. The largest absolute Gasteiger partial charge is 0.328 e. The molecule has 0 heterocycles. The van der Waals surface area contributed by atoms with E-state index in [1.54, 1.807) is 0 Å². The van der Waals surface area contributed by atoms with Crippen molar-refractivity contribution < 1.29 is 0 Å². The molecule has 13 heavy (non-hydrogen) atoms. The summed E-state index contributed by atoms with van der Waals surface area (Å²) >= 11 is 0. The third-order valence-corrected chi connectivity index (χ3v) is 0. The van der Waals surface area contributed by atoms with Gasteiger partial charge in [-0.15, -0.1) is 0 Å². The molecule has 0 bridgehead atoms. The van der Waals surface area contributed by atoms with Crippen LogP contribution in [-0.2, 0) is 0 Å². The maximum atomic E-state index is 5.11. The predicted octanol–water partition coefficient (Wildman–Crippen LogP) is 2.92. The van der Waals surface area contributed by atoms with E-state index in [9.17, 15) is 0 Å². The van der Waals surface area contributed by atoms with Crippen molar-refractivity contribution in [1.29, 1.82) is 0 Å². The second-order valence-electron chi connectivity index (χ2n) is 2.98. The number of nitrogens with two attached hydrogens (primary N) is 1. The summed E-state index contributed by atoms with van der Waals surface area (Å²) < 4.78 is 0. The van der Waals surface area contributed by atoms with Crippen LogP contribution in [0.5, 0.6) is 0 Å². The molecule has 0 aliphatic rings. The molecule has 0 rings (SSSR count). The van der Waals surface area contributed by atoms with E-state index in [4.69, 9.17) is 5.73 Å². The molecule has 0 saturated carbocycles. The zero-order valence-corrected chi connectivity index (χ0v) is 9.89. The highest BCUT2D eigenvalue weighted by molar-refractivity contribution is 5.76. The van der Waals surface area contributed by atoms with Crippen LogP contribution in [0.25, 0.3) is 0 Å². The van der Waals surface area contributed by atoms with Crippen LogP contribution in [0, 0.1) is 5.92 Å². The van der Waals surface area contributed by atoms with E-state index < -0.39 is 0 Å².